The van der Waals surface area contributed by atoms with Crippen molar-refractivity contribution in [3.63, 3.8) is 0 Å². The van der Waals surface area contributed by atoms with Gasteiger partial charge in [-0.1, -0.05) is 11.6 Å². The minimum Gasteiger partial charge on any atom is -0.495 e. The highest BCUT2D eigenvalue weighted by Gasteiger charge is 2.11. The van der Waals surface area contributed by atoms with Crippen LogP contribution in [0.5, 0.6) is 5.75 Å². The normalized spacial score (nSPS) is 10.2. The van der Waals surface area contributed by atoms with Gasteiger partial charge >= 0.3 is 0 Å². The van der Waals surface area contributed by atoms with E-state index in [0.29, 0.717) is 33.5 Å². The van der Waals surface area contributed by atoms with Crippen molar-refractivity contribution in [1.82, 2.24) is 10.2 Å². The summed E-state index contributed by atoms with van der Waals surface area (Å²) in [5.41, 5.74) is 1.92. The molecule has 3 aromatic rings. The van der Waals surface area contributed by atoms with Crippen LogP contribution in [0, 0.1) is 0 Å². The standard InChI is InChI=1S/C20H17ClN4O3/c1-12(26)13-3-6-15(7-4-13)22-20(27)16-8-10-19(25-24-16)23-17-11-14(21)5-9-18(17)28-2/h3-11H,1-2H3,(H,22,27)(H,23,25). The molecule has 8 heteroatoms. The molecule has 2 N–H and O–H groups in total. The maximum absolute atomic E-state index is 12.3. The van der Waals surface area contributed by atoms with Crippen LogP contribution < -0.4 is 15.4 Å². The van der Waals surface area contributed by atoms with Gasteiger partial charge in [-0.05, 0) is 61.5 Å². The Kier molecular flexibility index (Phi) is 5.86. The third-order valence-corrected chi connectivity index (χ3v) is 4.11. The predicted octanol–water partition coefficient (Wildman–Crippen LogP) is 4.34. The van der Waals surface area contributed by atoms with Crippen LogP contribution >= 0.6 is 11.6 Å². The topological polar surface area (TPSA) is 93.2 Å². The third kappa shape index (κ3) is 4.63. The molecule has 0 saturated carbocycles. The summed E-state index contributed by atoms with van der Waals surface area (Å²) in [5.74, 6) is 0.586. The second-order valence-electron chi connectivity index (χ2n) is 5.86. The molecule has 1 amide bonds. The van der Waals surface area contributed by atoms with Gasteiger partial charge < -0.3 is 15.4 Å². The molecule has 0 fully saturated rings. The van der Waals surface area contributed by atoms with Crippen LogP contribution in [0.4, 0.5) is 17.2 Å². The minimum absolute atomic E-state index is 0.0387. The van der Waals surface area contributed by atoms with E-state index in [4.69, 9.17) is 16.3 Å². The molecule has 1 aromatic heterocycles. The van der Waals surface area contributed by atoms with Crippen LogP contribution in [0.15, 0.2) is 54.6 Å². The Balaban J connectivity index is 1.69. The lowest BCUT2D eigenvalue weighted by Crippen LogP contribution is -2.14. The number of amides is 1. The van der Waals surface area contributed by atoms with Crippen LogP contribution in [0.1, 0.15) is 27.8 Å². The van der Waals surface area contributed by atoms with Crippen LogP contribution in [0.25, 0.3) is 0 Å². The summed E-state index contributed by atoms with van der Waals surface area (Å²) in [6.45, 7) is 1.48. The molecule has 1 heterocycles. The van der Waals surface area contributed by atoms with Crippen LogP contribution in [0.2, 0.25) is 5.02 Å². The number of nitrogens with one attached hydrogen (secondary N) is 2. The summed E-state index contributed by atoms with van der Waals surface area (Å²) in [6, 6.07) is 14.9. The summed E-state index contributed by atoms with van der Waals surface area (Å²) in [4.78, 5) is 23.6. The monoisotopic (exact) mass is 396 g/mol. The van der Waals surface area contributed by atoms with E-state index >= 15 is 0 Å². The number of carbonyl (C=O) groups is 2. The number of ether oxygens (including phenoxy) is 1. The summed E-state index contributed by atoms with van der Waals surface area (Å²) in [7, 11) is 1.55. The van der Waals surface area contributed by atoms with Gasteiger partial charge in [0, 0.05) is 16.3 Å². The Bertz CT molecular complexity index is 1000. The molecule has 0 aliphatic carbocycles. The fourth-order valence-corrected chi connectivity index (χ4v) is 2.59. The number of nitrogens with zero attached hydrogens (tertiary/aromatic N) is 2. The summed E-state index contributed by atoms with van der Waals surface area (Å²) >= 11 is 6.01. The van der Waals surface area contributed by atoms with Crippen LogP contribution in [0.3, 0.4) is 0 Å². The molecule has 7 nitrogen and oxygen atoms in total. The molecule has 142 valence electrons. The van der Waals surface area contributed by atoms with Gasteiger partial charge in [0.2, 0.25) is 0 Å². The van der Waals surface area contributed by atoms with Gasteiger partial charge in [-0.3, -0.25) is 9.59 Å². The van der Waals surface area contributed by atoms with E-state index < -0.39 is 5.91 Å². The Hall–Kier alpha value is -3.45. The van der Waals surface area contributed by atoms with E-state index in [-0.39, 0.29) is 11.5 Å². The van der Waals surface area contributed by atoms with Gasteiger partial charge in [0.1, 0.15) is 5.75 Å². The molecule has 2 aromatic carbocycles. The van der Waals surface area contributed by atoms with E-state index in [1.165, 1.54) is 6.92 Å². The van der Waals surface area contributed by atoms with Gasteiger partial charge in [0.05, 0.1) is 12.8 Å². The first-order chi connectivity index (χ1) is 13.5. The van der Waals surface area contributed by atoms with E-state index in [1.807, 2.05) is 0 Å². The van der Waals surface area contributed by atoms with Gasteiger partial charge in [-0.15, -0.1) is 10.2 Å². The molecule has 0 bridgehead atoms. The SMILES string of the molecule is COc1ccc(Cl)cc1Nc1ccc(C(=O)Nc2ccc(C(C)=O)cc2)nn1. The van der Waals surface area contributed by atoms with Gasteiger partial charge in [-0.2, -0.15) is 0 Å². The molecule has 0 saturated heterocycles. The van der Waals surface area contributed by atoms with Crippen molar-refractivity contribution < 1.29 is 14.3 Å². The first kappa shape index (κ1) is 19.3. The molecular formula is C20H17ClN4O3. The molecule has 3 rings (SSSR count). The van der Waals surface area contributed by atoms with E-state index in [2.05, 4.69) is 20.8 Å². The van der Waals surface area contributed by atoms with E-state index in [9.17, 15) is 9.59 Å². The Labute approximate surface area is 166 Å². The predicted molar refractivity (Wildman–Crippen MR) is 108 cm³/mol. The number of halogens is 1. The molecule has 0 atom stereocenters. The Morgan fingerprint density at radius 1 is 1.00 bits per heavy atom. The number of Topliss-reactive ketones (excluding diaryl/α,β-unsaturated/α-hetero) is 1. The highest BCUT2D eigenvalue weighted by molar-refractivity contribution is 6.31. The number of carbonyl (C=O) groups excluding carboxylic acids is 2. The van der Waals surface area contributed by atoms with Crippen molar-refractivity contribution in [1.29, 1.82) is 0 Å². The number of hydrogen-bond acceptors (Lipinski definition) is 6. The van der Waals surface area contributed by atoms with Crippen molar-refractivity contribution in [3.8, 4) is 5.75 Å². The number of anilines is 3. The first-order valence-electron chi connectivity index (χ1n) is 8.33. The van der Waals surface area contributed by atoms with Crippen molar-refractivity contribution in [3.05, 3.63) is 70.9 Å². The van der Waals surface area contributed by atoms with Crippen LogP contribution in [-0.2, 0) is 0 Å². The first-order valence-corrected chi connectivity index (χ1v) is 8.70. The zero-order valence-corrected chi connectivity index (χ0v) is 15.9. The van der Waals surface area contributed by atoms with Crippen LogP contribution in [-0.4, -0.2) is 29.0 Å². The fourth-order valence-electron chi connectivity index (χ4n) is 2.42. The lowest BCUT2D eigenvalue weighted by molar-refractivity contribution is 0.101. The molecular weight excluding hydrogens is 380 g/mol. The molecule has 0 aliphatic rings. The fraction of sp³-hybridized carbons (Fsp3) is 0.100. The Morgan fingerprint density at radius 3 is 2.36 bits per heavy atom. The molecule has 0 unspecified atom stereocenters. The van der Waals surface area contributed by atoms with Gasteiger partial charge in [0.25, 0.3) is 5.91 Å². The van der Waals surface area contributed by atoms with E-state index in [0.717, 1.165) is 0 Å². The molecule has 0 aliphatic heterocycles. The lowest BCUT2D eigenvalue weighted by Gasteiger charge is -2.11. The lowest BCUT2D eigenvalue weighted by atomic mass is 10.1. The Morgan fingerprint density at radius 2 is 1.75 bits per heavy atom. The largest absolute Gasteiger partial charge is 0.495 e. The number of methoxy groups -OCH3 is 1. The quantitative estimate of drug-likeness (QED) is 0.602. The minimum atomic E-state index is -0.407. The number of aromatic nitrogens is 2. The zero-order valence-electron chi connectivity index (χ0n) is 15.2. The molecule has 0 spiro atoms. The maximum atomic E-state index is 12.3. The summed E-state index contributed by atoms with van der Waals surface area (Å²) in [6.07, 6.45) is 0. The number of ketones is 1. The highest BCUT2D eigenvalue weighted by Crippen LogP contribution is 2.29. The second-order valence-corrected chi connectivity index (χ2v) is 6.30. The summed E-state index contributed by atoms with van der Waals surface area (Å²) < 4.78 is 5.27. The van der Waals surface area contributed by atoms with Gasteiger partial charge in [0.15, 0.2) is 17.3 Å². The average molecular weight is 397 g/mol. The van der Waals surface area contributed by atoms with Crippen molar-refractivity contribution in [2.75, 3.05) is 17.7 Å². The van der Waals surface area contributed by atoms with Crippen molar-refractivity contribution in [2.45, 2.75) is 6.92 Å². The maximum Gasteiger partial charge on any atom is 0.276 e. The number of benzene rings is 2. The number of rotatable bonds is 6. The average Bonchev–Trinajstić information content (AvgIpc) is 2.69. The number of hydrogen-bond donors (Lipinski definition) is 2. The van der Waals surface area contributed by atoms with E-state index in [1.54, 1.807) is 61.7 Å². The van der Waals surface area contributed by atoms with Gasteiger partial charge in [-0.25, -0.2) is 0 Å². The highest BCUT2D eigenvalue weighted by atomic mass is 35.5. The second kappa shape index (κ2) is 8.49. The van der Waals surface area contributed by atoms with Crippen molar-refractivity contribution >= 4 is 40.5 Å². The smallest absolute Gasteiger partial charge is 0.276 e. The molecule has 28 heavy (non-hydrogen) atoms. The van der Waals surface area contributed by atoms with Crippen molar-refractivity contribution in [2.24, 2.45) is 0 Å². The molecule has 0 radical (unpaired) electrons. The zero-order chi connectivity index (χ0) is 20.1. The third-order valence-electron chi connectivity index (χ3n) is 3.87. The summed E-state index contributed by atoms with van der Waals surface area (Å²) in [5, 5.41) is 14.3.